The minimum absolute atomic E-state index is 0. The molecule has 15 heavy (non-hydrogen) atoms. The van der Waals surface area contributed by atoms with E-state index in [9.17, 15) is 18.0 Å². The highest BCUT2D eigenvalue weighted by Crippen LogP contribution is 2.26. The van der Waals surface area contributed by atoms with Gasteiger partial charge in [-0.3, -0.25) is 4.55 Å². The second-order valence-corrected chi connectivity index (χ2v) is 4.25. The van der Waals surface area contributed by atoms with Gasteiger partial charge in [-0.1, -0.05) is 0 Å². The summed E-state index contributed by atoms with van der Waals surface area (Å²) in [7, 11) is -4.35. The lowest BCUT2D eigenvalue weighted by atomic mass is 9.99. The summed E-state index contributed by atoms with van der Waals surface area (Å²) in [6, 6.07) is 0. The van der Waals surface area contributed by atoms with Crippen molar-refractivity contribution >= 4 is 31.9 Å². The van der Waals surface area contributed by atoms with Gasteiger partial charge in [0.05, 0.1) is 4.91 Å². The molecular formula is C8H9O5PS. The lowest BCUT2D eigenvalue weighted by molar-refractivity contribution is 0.489. The van der Waals surface area contributed by atoms with E-state index in [2.05, 4.69) is 0 Å². The largest absolute Gasteiger partial charge is 0.291 e. The molecule has 5 nitrogen and oxygen atoms in total. The number of allylic oxidation sites excluding steroid dienone is 4. The van der Waals surface area contributed by atoms with Crippen molar-refractivity contribution in [3.63, 3.8) is 0 Å². The van der Waals surface area contributed by atoms with Crippen molar-refractivity contribution in [2.75, 3.05) is 0 Å². The first-order chi connectivity index (χ1) is 6.47. The molecule has 1 atom stereocenters. The lowest BCUT2D eigenvalue weighted by Crippen LogP contribution is -2.08. The van der Waals surface area contributed by atoms with Gasteiger partial charge in [-0.05, 0) is 6.08 Å². The zero-order valence-electron chi connectivity index (χ0n) is 7.69. The second kappa shape index (κ2) is 5.17. The molecule has 0 amide bonds. The zero-order chi connectivity index (χ0) is 10.8. The average molecular weight is 248 g/mol. The van der Waals surface area contributed by atoms with Crippen molar-refractivity contribution in [2.45, 2.75) is 12.8 Å². The Morgan fingerprint density at radius 2 is 1.80 bits per heavy atom. The fourth-order valence-corrected chi connectivity index (χ4v) is 1.75. The summed E-state index contributed by atoms with van der Waals surface area (Å²) in [5.74, 6) is 3.01. The van der Waals surface area contributed by atoms with Gasteiger partial charge < -0.3 is 0 Å². The molecule has 0 aromatic rings. The number of rotatable bonds is 1. The van der Waals surface area contributed by atoms with E-state index in [1.54, 1.807) is 0 Å². The Hall–Kier alpha value is -1.02. The molecule has 0 bridgehead atoms. The van der Waals surface area contributed by atoms with Crippen LogP contribution in [0.25, 0.3) is 0 Å². The van der Waals surface area contributed by atoms with Crippen LogP contribution in [0.5, 0.6) is 0 Å². The number of hydrogen-bond donors (Lipinski definition) is 1. The smallest absolute Gasteiger partial charge is 0.282 e. The molecule has 1 aliphatic carbocycles. The summed E-state index contributed by atoms with van der Waals surface area (Å²) in [6.07, 6.45) is 0.850. The molecule has 82 valence electrons. The summed E-state index contributed by atoms with van der Waals surface area (Å²) in [5.41, 5.74) is 0.126. The first-order valence-electron chi connectivity index (χ1n) is 3.62. The maximum atomic E-state index is 10.7. The van der Waals surface area contributed by atoms with Crippen molar-refractivity contribution < 1.29 is 22.6 Å². The van der Waals surface area contributed by atoms with E-state index in [0.29, 0.717) is 0 Å². The Bertz CT molecular complexity index is 489. The molecule has 0 heterocycles. The molecule has 1 aliphatic rings. The normalized spacial score (nSPS) is 15.9. The van der Waals surface area contributed by atoms with Crippen molar-refractivity contribution in [2.24, 2.45) is 0 Å². The van der Waals surface area contributed by atoms with Gasteiger partial charge in [-0.25, -0.2) is 9.59 Å². The molecule has 1 unspecified atom stereocenters. The van der Waals surface area contributed by atoms with Crippen LogP contribution in [0, 0.1) is 0 Å². The van der Waals surface area contributed by atoms with Gasteiger partial charge in [0.15, 0.2) is 0 Å². The van der Waals surface area contributed by atoms with Gasteiger partial charge in [0.1, 0.15) is 11.9 Å². The fourth-order valence-electron chi connectivity index (χ4n) is 1.10. The predicted molar refractivity (Wildman–Crippen MR) is 58.4 cm³/mol. The topological polar surface area (TPSA) is 88.5 Å². The molecule has 0 fully saturated rings. The van der Waals surface area contributed by atoms with Crippen LogP contribution in [0.15, 0.2) is 22.1 Å². The van der Waals surface area contributed by atoms with Gasteiger partial charge in [-0.2, -0.15) is 18.3 Å². The Kier molecular flexibility index (Phi) is 4.82. The molecule has 0 saturated heterocycles. The van der Waals surface area contributed by atoms with E-state index in [0.717, 1.165) is 6.08 Å². The fraction of sp³-hybridized carbons (Fsp3) is 0.250. The van der Waals surface area contributed by atoms with Crippen LogP contribution < -0.4 is 0 Å². The first kappa shape index (κ1) is 14.0. The standard InChI is InChI=1S/C8H6O5S.H3P/c9-4-6-1-7(5-10)3-8(2-6)14(11,12)13;/h2H,1,3H2,(H,11,12,13);1H3. The third-order valence-corrected chi connectivity index (χ3v) is 2.66. The average Bonchev–Trinajstić information content (AvgIpc) is 2.15. The Labute approximate surface area is 89.9 Å². The predicted octanol–water partition coefficient (Wildman–Crippen LogP) is 0.126. The molecule has 0 saturated carbocycles. The molecule has 0 radical (unpaired) electrons. The minimum atomic E-state index is -4.35. The maximum absolute atomic E-state index is 10.7. The molecule has 7 heteroatoms. The molecule has 1 rings (SSSR count). The van der Waals surface area contributed by atoms with Gasteiger partial charge in [0, 0.05) is 24.0 Å². The SMILES string of the molecule is O=C=C1C=C(S(=O)(=O)O)CC(=C=O)C1.P. The molecular weight excluding hydrogens is 239 g/mol. The Morgan fingerprint density at radius 3 is 2.20 bits per heavy atom. The molecule has 0 aromatic heterocycles. The van der Waals surface area contributed by atoms with Crippen molar-refractivity contribution in [1.29, 1.82) is 0 Å². The van der Waals surface area contributed by atoms with Crippen LogP contribution in [0.3, 0.4) is 0 Å². The lowest BCUT2D eigenvalue weighted by Gasteiger charge is -2.10. The zero-order valence-corrected chi connectivity index (χ0v) is 9.92. The van der Waals surface area contributed by atoms with Crippen molar-refractivity contribution in [3.05, 3.63) is 22.1 Å². The van der Waals surface area contributed by atoms with Crippen LogP contribution >= 0.6 is 9.90 Å². The van der Waals surface area contributed by atoms with Crippen LogP contribution in [0.2, 0.25) is 0 Å². The Morgan fingerprint density at radius 1 is 1.20 bits per heavy atom. The van der Waals surface area contributed by atoms with E-state index < -0.39 is 10.1 Å². The molecule has 1 N–H and O–H groups in total. The summed E-state index contributed by atoms with van der Waals surface area (Å²) in [5, 5.41) is 0. The third-order valence-electron chi connectivity index (χ3n) is 1.73. The quantitative estimate of drug-likeness (QED) is 0.404. The van der Waals surface area contributed by atoms with E-state index in [-0.39, 0.29) is 38.8 Å². The number of carbonyl (C=O) groups excluding carboxylic acids is 2. The Balaban J connectivity index is 0.00000196. The summed E-state index contributed by atoms with van der Waals surface area (Å²) in [4.78, 5) is 20.2. The van der Waals surface area contributed by atoms with Crippen molar-refractivity contribution in [3.8, 4) is 0 Å². The third kappa shape index (κ3) is 3.56. The van der Waals surface area contributed by atoms with Crippen molar-refractivity contribution in [1.82, 2.24) is 0 Å². The highest BCUT2D eigenvalue weighted by molar-refractivity contribution is 7.89. The summed E-state index contributed by atoms with van der Waals surface area (Å²) >= 11 is 0. The first-order valence-corrected chi connectivity index (χ1v) is 5.06. The van der Waals surface area contributed by atoms with Gasteiger partial charge >= 0.3 is 0 Å². The summed E-state index contributed by atoms with van der Waals surface area (Å²) < 4.78 is 30.1. The van der Waals surface area contributed by atoms with E-state index in [4.69, 9.17) is 4.55 Å². The highest BCUT2D eigenvalue weighted by Gasteiger charge is 2.22. The van der Waals surface area contributed by atoms with Gasteiger partial charge in [0.25, 0.3) is 10.1 Å². The van der Waals surface area contributed by atoms with Gasteiger partial charge in [0.2, 0.25) is 0 Å². The maximum Gasteiger partial charge on any atom is 0.291 e. The molecule has 0 spiro atoms. The number of hydrogen-bond acceptors (Lipinski definition) is 4. The van der Waals surface area contributed by atoms with E-state index in [1.165, 1.54) is 11.9 Å². The minimum Gasteiger partial charge on any atom is -0.282 e. The second-order valence-electron chi connectivity index (χ2n) is 2.77. The van der Waals surface area contributed by atoms with E-state index in [1.807, 2.05) is 0 Å². The summed E-state index contributed by atoms with van der Waals surface area (Å²) in [6.45, 7) is 0. The molecule has 0 aromatic carbocycles. The van der Waals surface area contributed by atoms with Crippen LogP contribution in [-0.4, -0.2) is 24.9 Å². The molecule has 0 aliphatic heterocycles. The van der Waals surface area contributed by atoms with Crippen LogP contribution in [-0.2, 0) is 19.7 Å². The highest BCUT2D eigenvalue weighted by atomic mass is 32.2. The van der Waals surface area contributed by atoms with Crippen LogP contribution in [0.1, 0.15) is 12.8 Å². The van der Waals surface area contributed by atoms with E-state index >= 15 is 0 Å². The van der Waals surface area contributed by atoms with Crippen LogP contribution in [0.4, 0.5) is 0 Å². The van der Waals surface area contributed by atoms with Gasteiger partial charge in [-0.15, -0.1) is 0 Å². The monoisotopic (exact) mass is 248 g/mol.